The van der Waals surface area contributed by atoms with Crippen molar-refractivity contribution in [3.8, 4) is 0 Å². The summed E-state index contributed by atoms with van der Waals surface area (Å²) in [6, 6.07) is 5.86. The van der Waals surface area contributed by atoms with Crippen LogP contribution in [0, 0.1) is 17.7 Å². The summed E-state index contributed by atoms with van der Waals surface area (Å²) in [4.78, 5) is 0. The number of hydrogen-bond donors (Lipinski definition) is 2. The lowest BCUT2D eigenvalue weighted by Gasteiger charge is -2.33. The lowest BCUT2D eigenvalue weighted by molar-refractivity contribution is 0.226. The molecule has 1 aliphatic carbocycles. The molecule has 148 valence electrons. The Kier molecular flexibility index (Phi) is 5.56. The largest absolute Gasteiger partial charge is 0.340 e. The SMILES string of the molecule is CC(C)C1CCC(n2c(CN)c(C3CCNCC3)c3cc(F)ccc32)CC1. The van der Waals surface area contributed by atoms with Gasteiger partial charge in [0, 0.05) is 29.2 Å². The van der Waals surface area contributed by atoms with Crippen LogP contribution in [0.2, 0.25) is 0 Å². The van der Waals surface area contributed by atoms with Crippen LogP contribution in [-0.4, -0.2) is 17.7 Å². The molecule has 1 aliphatic heterocycles. The summed E-state index contributed by atoms with van der Waals surface area (Å²) in [7, 11) is 0. The minimum absolute atomic E-state index is 0.137. The number of hydrogen-bond acceptors (Lipinski definition) is 2. The van der Waals surface area contributed by atoms with E-state index in [0.29, 0.717) is 18.5 Å². The third-order valence-corrected chi connectivity index (χ3v) is 7.10. The molecular formula is C23H34FN3. The second kappa shape index (κ2) is 7.92. The van der Waals surface area contributed by atoms with Crippen molar-refractivity contribution in [2.24, 2.45) is 17.6 Å². The Morgan fingerprint density at radius 2 is 1.81 bits per heavy atom. The summed E-state index contributed by atoms with van der Waals surface area (Å²) in [5.74, 6) is 1.95. The number of aromatic nitrogens is 1. The molecule has 2 fully saturated rings. The Hall–Kier alpha value is -1.39. The molecule has 0 amide bonds. The van der Waals surface area contributed by atoms with Crippen LogP contribution in [0.5, 0.6) is 0 Å². The number of nitrogens with two attached hydrogens (primary N) is 1. The van der Waals surface area contributed by atoms with E-state index < -0.39 is 0 Å². The molecule has 0 bridgehead atoms. The van der Waals surface area contributed by atoms with E-state index in [-0.39, 0.29) is 5.82 Å². The van der Waals surface area contributed by atoms with E-state index in [1.165, 1.54) is 42.5 Å². The number of piperidine rings is 1. The van der Waals surface area contributed by atoms with Gasteiger partial charge in [-0.3, -0.25) is 0 Å². The first-order valence-electron chi connectivity index (χ1n) is 10.8. The zero-order chi connectivity index (χ0) is 19.0. The number of nitrogens with zero attached hydrogens (tertiary/aromatic N) is 1. The molecule has 1 aromatic carbocycles. The normalized spacial score (nSPS) is 24.8. The van der Waals surface area contributed by atoms with E-state index in [2.05, 4.69) is 23.7 Å². The summed E-state index contributed by atoms with van der Waals surface area (Å²) < 4.78 is 16.7. The number of halogens is 1. The first-order valence-corrected chi connectivity index (χ1v) is 10.8. The molecular weight excluding hydrogens is 337 g/mol. The van der Waals surface area contributed by atoms with E-state index in [1.807, 2.05) is 6.07 Å². The molecule has 1 saturated heterocycles. The van der Waals surface area contributed by atoms with Gasteiger partial charge in [0.05, 0.1) is 0 Å². The zero-order valence-corrected chi connectivity index (χ0v) is 16.8. The maximum atomic E-state index is 14.2. The van der Waals surface area contributed by atoms with Gasteiger partial charge in [0.2, 0.25) is 0 Å². The van der Waals surface area contributed by atoms with Gasteiger partial charge < -0.3 is 15.6 Å². The topological polar surface area (TPSA) is 43.0 Å². The molecule has 1 aromatic heterocycles. The summed E-state index contributed by atoms with van der Waals surface area (Å²) in [6.45, 7) is 7.31. The summed E-state index contributed by atoms with van der Waals surface area (Å²) >= 11 is 0. The van der Waals surface area contributed by atoms with Crippen LogP contribution in [0.15, 0.2) is 18.2 Å². The molecule has 3 N–H and O–H groups in total. The maximum Gasteiger partial charge on any atom is 0.123 e. The van der Waals surface area contributed by atoms with Crippen LogP contribution in [0.3, 0.4) is 0 Å². The maximum absolute atomic E-state index is 14.2. The van der Waals surface area contributed by atoms with Crippen molar-refractivity contribution in [2.45, 2.75) is 70.9 Å². The van der Waals surface area contributed by atoms with Crippen molar-refractivity contribution in [3.05, 3.63) is 35.3 Å². The number of rotatable bonds is 4. The van der Waals surface area contributed by atoms with E-state index in [4.69, 9.17) is 5.73 Å². The molecule has 0 radical (unpaired) electrons. The predicted octanol–water partition coefficient (Wildman–Crippen LogP) is 5.09. The van der Waals surface area contributed by atoms with Crippen LogP contribution >= 0.6 is 0 Å². The second-order valence-electron chi connectivity index (χ2n) is 8.93. The van der Waals surface area contributed by atoms with Crippen molar-refractivity contribution >= 4 is 10.9 Å². The van der Waals surface area contributed by atoms with Crippen molar-refractivity contribution in [1.82, 2.24) is 9.88 Å². The number of fused-ring (bicyclic) bond motifs is 1. The number of nitrogens with one attached hydrogen (secondary N) is 1. The van der Waals surface area contributed by atoms with E-state index in [9.17, 15) is 4.39 Å². The molecule has 4 rings (SSSR count). The monoisotopic (exact) mass is 371 g/mol. The van der Waals surface area contributed by atoms with Crippen LogP contribution < -0.4 is 11.1 Å². The minimum atomic E-state index is -0.137. The Balaban J connectivity index is 1.78. The van der Waals surface area contributed by atoms with Gasteiger partial charge in [-0.25, -0.2) is 4.39 Å². The Morgan fingerprint density at radius 3 is 2.44 bits per heavy atom. The highest BCUT2D eigenvalue weighted by Crippen LogP contribution is 2.43. The van der Waals surface area contributed by atoms with Gasteiger partial charge in [-0.2, -0.15) is 0 Å². The van der Waals surface area contributed by atoms with Gasteiger partial charge in [0.1, 0.15) is 5.82 Å². The Morgan fingerprint density at radius 1 is 1.11 bits per heavy atom. The van der Waals surface area contributed by atoms with Gasteiger partial charge in [-0.15, -0.1) is 0 Å². The van der Waals surface area contributed by atoms with Gasteiger partial charge >= 0.3 is 0 Å². The van der Waals surface area contributed by atoms with Gasteiger partial charge in [0.15, 0.2) is 0 Å². The second-order valence-corrected chi connectivity index (χ2v) is 8.93. The highest BCUT2D eigenvalue weighted by molar-refractivity contribution is 5.86. The fourth-order valence-electron chi connectivity index (χ4n) is 5.58. The Bertz CT molecular complexity index is 781. The summed E-state index contributed by atoms with van der Waals surface area (Å²) in [5, 5.41) is 4.56. The predicted molar refractivity (Wildman–Crippen MR) is 110 cm³/mol. The fourth-order valence-corrected chi connectivity index (χ4v) is 5.58. The molecule has 2 aromatic rings. The van der Waals surface area contributed by atoms with Crippen molar-refractivity contribution in [1.29, 1.82) is 0 Å². The molecule has 2 heterocycles. The van der Waals surface area contributed by atoms with Crippen molar-refractivity contribution < 1.29 is 4.39 Å². The average Bonchev–Trinajstić information content (AvgIpc) is 3.02. The quantitative estimate of drug-likeness (QED) is 0.786. The van der Waals surface area contributed by atoms with Gasteiger partial charge in [0.25, 0.3) is 0 Å². The Labute approximate surface area is 162 Å². The molecule has 0 unspecified atom stereocenters. The average molecular weight is 372 g/mol. The lowest BCUT2D eigenvalue weighted by Crippen LogP contribution is -2.28. The zero-order valence-electron chi connectivity index (χ0n) is 16.8. The van der Waals surface area contributed by atoms with Crippen molar-refractivity contribution in [3.63, 3.8) is 0 Å². The molecule has 3 nitrogen and oxygen atoms in total. The summed E-state index contributed by atoms with van der Waals surface area (Å²) in [6.07, 6.45) is 7.22. The van der Waals surface area contributed by atoms with Crippen LogP contribution in [0.4, 0.5) is 4.39 Å². The molecule has 4 heteroatoms. The number of benzene rings is 1. The molecule has 1 saturated carbocycles. The van der Waals surface area contributed by atoms with Gasteiger partial charge in [-0.05, 0) is 93.1 Å². The molecule has 27 heavy (non-hydrogen) atoms. The minimum Gasteiger partial charge on any atom is -0.340 e. The van der Waals surface area contributed by atoms with Crippen molar-refractivity contribution in [2.75, 3.05) is 13.1 Å². The highest BCUT2D eigenvalue weighted by atomic mass is 19.1. The van der Waals surface area contributed by atoms with Crippen LogP contribution in [-0.2, 0) is 6.54 Å². The van der Waals surface area contributed by atoms with Crippen LogP contribution in [0.1, 0.15) is 75.6 Å². The van der Waals surface area contributed by atoms with E-state index in [1.54, 1.807) is 12.1 Å². The molecule has 0 spiro atoms. The van der Waals surface area contributed by atoms with E-state index in [0.717, 1.165) is 43.2 Å². The third kappa shape index (κ3) is 3.54. The van der Waals surface area contributed by atoms with Gasteiger partial charge in [-0.1, -0.05) is 13.8 Å². The molecule has 0 atom stereocenters. The first kappa shape index (κ1) is 18.9. The summed E-state index contributed by atoms with van der Waals surface area (Å²) in [5.41, 5.74) is 10.1. The molecule has 2 aliphatic rings. The lowest BCUT2D eigenvalue weighted by atomic mass is 9.79. The highest BCUT2D eigenvalue weighted by Gasteiger charge is 2.30. The third-order valence-electron chi connectivity index (χ3n) is 7.10. The van der Waals surface area contributed by atoms with Crippen LogP contribution in [0.25, 0.3) is 10.9 Å². The first-order chi connectivity index (χ1) is 13.1. The van der Waals surface area contributed by atoms with E-state index >= 15 is 0 Å². The smallest absolute Gasteiger partial charge is 0.123 e. The standard InChI is InChI=1S/C23H34FN3/c1-15(2)16-3-6-19(7-4-16)27-21-8-5-18(24)13-20(21)23(22(27)14-25)17-9-11-26-12-10-17/h5,8,13,15-17,19,26H,3-4,6-7,9-12,14,25H2,1-2H3. The fraction of sp³-hybridized carbons (Fsp3) is 0.652.